The summed E-state index contributed by atoms with van der Waals surface area (Å²) in [4.78, 5) is 12.2. The number of carbonyl (C=O) groups is 1. The third kappa shape index (κ3) is 2.33. The quantitative estimate of drug-likeness (QED) is 0.821. The molecule has 2 aliphatic rings. The lowest BCUT2D eigenvalue weighted by atomic mass is 9.76. The third-order valence-electron chi connectivity index (χ3n) is 4.11. The van der Waals surface area contributed by atoms with E-state index < -0.39 is 0 Å². The third-order valence-corrected chi connectivity index (χ3v) is 4.11. The van der Waals surface area contributed by atoms with E-state index in [-0.39, 0.29) is 17.3 Å². The fraction of sp³-hybridized carbons (Fsp3) is 0.471. The van der Waals surface area contributed by atoms with E-state index in [2.05, 4.69) is 13.8 Å². The van der Waals surface area contributed by atoms with E-state index in [1.807, 2.05) is 24.3 Å². The van der Waals surface area contributed by atoms with Gasteiger partial charge in [0, 0.05) is 24.8 Å². The van der Waals surface area contributed by atoms with Crippen LogP contribution in [0, 0.1) is 5.41 Å². The summed E-state index contributed by atoms with van der Waals surface area (Å²) in [6.07, 6.45) is 2.17. The topological polar surface area (TPSA) is 35.5 Å². The Kier molecular flexibility index (Phi) is 3.08. The summed E-state index contributed by atoms with van der Waals surface area (Å²) < 4.78 is 11.2. The van der Waals surface area contributed by atoms with Crippen molar-refractivity contribution in [1.82, 2.24) is 0 Å². The van der Waals surface area contributed by atoms with Crippen molar-refractivity contribution in [2.45, 2.75) is 39.2 Å². The predicted octanol–water partition coefficient (Wildman–Crippen LogP) is 3.80. The number of hydrogen-bond donors (Lipinski definition) is 0. The van der Waals surface area contributed by atoms with Crippen LogP contribution in [0.5, 0.6) is 5.75 Å². The molecule has 0 saturated heterocycles. The number of allylic oxidation sites excluding steroid dienone is 1. The van der Waals surface area contributed by atoms with Gasteiger partial charge < -0.3 is 9.47 Å². The second kappa shape index (κ2) is 4.65. The summed E-state index contributed by atoms with van der Waals surface area (Å²) in [7, 11) is 1.65. The number of ketones is 1. The highest BCUT2D eigenvalue weighted by molar-refractivity contribution is 5.97. The summed E-state index contributed by atoms with van der Waals surface area (Å²) in [5, 5.41) is 0. The van der Waals surface area contributed by atoms with Crippen molar-refractivity contribution in [2.75, 3.05) is 7.11 Å². The molecule has 1 aliphatic carbocycles. The minimum Gasteiger partial charge on any atom is -0.497 e. The van der Waals surface area contributed by atoms with E-state index in [0.717, 1.165) is 29.1 Å². The zero-order chi connectivity index (χ0) is 14.3. The number of methoxy groups -OCH3 is 1. The van der Waals surface area contributed by atoms with Gasteiger partial charge in [-0.25, -0.2) is 0 Å². The number of rotatable bonds is 2. The number of Topliss-reactive ketones (excluding diaryl/α,β-unsaturated/α-hetero) is 1. The molecule has 1 aromatic carbocycles. The van der Waals surface area contributed by atoms with E-state index in [4.69, 9.17) is 9.47 Å². The van der Waals surface area contributed by atoms with Gasteiger partial charge in [0.1, 0.15) is 17.6 Å². The molecule has 3 heteroatoms. The number of benzene rings is 1. The van der Waals surface area contributed by atoms with Gasteiger partial charge >= 0.3 is 0 Å². The van der Waals surface area contributed by atoms with Gasteiger partial charge in [0.25, 0.3) is 0 Å². The molecular weight excluding hydrogens is 252 g/mol. The first-order valence-corrected chi connectivity index (χ1v) is 7.04. The summed E-state index contributed by atoms with van der Waals surface area (Å²) in [6.45, 7) is 4.25. The van der Waals surface area contributed by atoms with Gasteiger partial charge in [-0.1, -0.05) is 26.0 Å². The molecule has 0 saturated carbocycles. The van der Waals surface area contributed by atoms with Crippen molar-refractivity contribution in [3.63, 3.8) is 0 Å². The summed E-state index contributed by atoms with van der Waals surface area (Å²) in [6, 6.07) is 7.89. The fourth-order valence-corrected chi connectivity index (χ4v) is 3.04. The van der Waals surface area contributed by atoms with Gasteiger partial charge in [-0.05, 0) is 23.1 Å². The first-order chi connectivity index (χ1) is 9.48. The standard InChI is InChI=1S/C17H20O3/c1-17(2)9-14(18)13-8-15(20-16(13)10-17)11-4-6-12(19-3)7-5-11/h4-7,15H,8-10H2,1-3H3. The van der Waals surface area contributed by atoms with Crippen LogP contribution in [-0.4, -0.2) is 12.9 Å². The van der Waals surface area contributed by atoms with Crippen molar-refractivity contribution >= 4 is 5.78 Å². The molecule has 0 aromatic heterocycles. The molecule has 1 atom stereocenters. The molecule has 1 unspecified atom stereocenters. The zero-order valence-corrected chi connectivity index (χ0v) is 12.2. The normalized spacial score (nSPS) is 24.4. The Morgan fingerprint density at radius 1 is 1.20 bits per heavy atom. The van der Waals surface area contributed by atoms with Crippen molar-refractivity contribution in [1.29, 1.82) is 0 Å². The fourth-order valence-electron chi connectivity index (χ4n) is 3.04. The zero-order valence-electron chi connectivity index (χ0n) is 12.2. The average Bonchev–Trinajstić information content (AvgIpc) is 2.81. The molecule has 0 radical (unpaired) electrons. The van der Waals surface area contributed by atoms with Crippen molar-refractivity contribution in [3.8, 4) is 5.75 Å². The number of hydrogen-bond acceptors (Lipinski definition) is 3. The largest absolute Gasteiger partial charge is 0.497 e. The molecule has 3 rings (SSSR count). The molecule has 0 N–H and O–H groups in total. The van der Waals surface area contributed by atoms with Gasteiger partial charge in [-0.2, -0.15) is 0 Å². The smallest absolute Gasteiger partial charge is 0.162 e. The van der Waals surface area contributed by atoms with Crippen LogP contribution >= 0.6 is 0 Å². The van der Waals surface area contributed by atoms with Crippen LogP contribution in [0.1, 0.15) is 44.8 Å². The Labute approximate surface area is 119 Å². The van der Waals surface area contributed by atoms with Crippen molar-refractivity contribution in [3.05, 3.63) is 41.2 Å². The van der Waals surface area contributed by atoms with E-state index in [9.17, 15) is 4.79 Å². The van der Waals surface area contributed by atoms with E-state index in [1.54, 1.807) is 7.11 Å². The maximum absolute atomic E-state index is 12.2. The van der Waals surface area contributed by atoms with Gasteiger partial charge in [-0.15, -0.1) is 0 Å². The highest BCUT2D eigenvalue weighted by Gasteiger charge is 2.39. The van der Waals surface area contributed by atoms with Crippen molar-refractivity contribution in [2.24, 2.45) is 5.41 Å². The van der Waals surface area contributed by atoms with Crippen LogP contribution in [0.15, 0.2) is 35.6 Å². The second-order valence-electron chi connectivity index (χ2n) is 6.43. The predicted molar refractivity (Wildman–Crippen MR) is 76.5 cm³/mol. The van der Waals surface area contributed by atoms with E-state index >= 15 is 0 Å². The molecule has 0 fully saturated rings. The van der Waals surface area contributed by atoms with Gasteiger partial charge in [0.05, 0.1) is 7.11 Å². The minimum absolute atomic E-state index is 0.0186. The molecule has 0 bridgehead atoms. The monoisotopic (exact) mass is 272 g/mol. The van der Waals surface area contributed by atoms with Crippen LogP contribution in [0.25, 0.3) is 0 Å². The van der Waals surface area contributed by atoms with Gasteiger partial charge in [-0.3, -0.25) is 4.79 Å². The Balaban J connectivity index is 1.79. The number of ether oxygens (including phenoxy) is 2. The molecule has 0 spiro atoms. The van der Waals surface area contributed by atoms with E-state index in [1.165, 1.54) is 0 Å². The average molecular weight is 272 g/mol. The lowest BCUT2D eigenvalue weighted by molar-refractivity contribution is -0.118. The molecular formula is C17H20O3. The molecule has 3 nitrogen and oxygen atoms in total. The second-order valence-corrected chi connectivity index (χ2v) is 6.43. The minimum atomic E-state index is -0.0243. The first kappa shape index (κ1) is 13.2. The Bertz CT molecular complexity index is 566. The molecule has 1 aliphatic heterocycles. The molecule has 106 valence electrons. The summed E-state index contributed by atoms with van der Waals surface area (Å²) in [5.41, 5.74) is 2.03. The maximum Gasteiger partial charge on any atom is 0.162 e. The highest BCUT2D eigenvalue weighted by atomic mass is 16.5. The summed E-state index contributed by atoms with van der Waals surface area (Å²) >= 11 is 0. The maximum atomic E-state index is 12.2. The van der Waals surface area contributed by atoms with Crippen LogP contribution in [0.4, 0.5) is 0 Å². The van der Waals surface area contributed by atoms with Gasteiger partial charge in [0.2, 0.25) is 0 Å². The SMILES string of the molecule is COc1ccc(C2CC3=C(CC(C)(C)CC3=O)O2)cc1. The van der Waals surface area contributed by atoms with Crippen LogP contribution in [0.3, 0.4) is 0 Å². The highest BCUT2D eigenvalue weighted by Crippen LogP contribution is 2.46. The Hall–Kier alpha value is -1.77. The lowest BCUT2D eigenvalue weighted by Crippen LogP contribution is -2.24. The van der Waals surface area contributed by atoms with Crippen LogP contribution < -0.4 is 4.74 Å². The van der Waals surface area contributed by atoms with Gasteiger partial charge in [0.15, 0.2) is 5.78 Å². The van der Waals surface area contributed by atoms with Crippen molar-refractivity contribution < 1.29 is 14.3 Å². The molecule has 1 aromatic rings. The first-order valence-electron chi connectivity index (χ1n) is 7.04. The van der Waals surface area contributed by atoms with Crippen LogP contribution in [0.2, 0.25) is 0 Å². The molecule has 0 amide bonds. The van der Waals surface area contributed by atoms with E-state index in [0.29, 0.717) is 12.8 Å². The molecule has 20 heavy (non-hydrogen) atoms. The number of carbonyl (C=O) groups excluding carboxylic acids is 1. The lowest BCUT2D eigenvalue weighted by Gasteiger charge is -2.28. The summed E-state index contributed by atoms with van der Waals surface area (Å²) in [5.74, 6) is 2.00. The van der Waals surface area contributed by atoms with Crippen LogP contribution in [-0.2, 0) is 9.53 Å². The molecule has 1 heterocycles. The Morgan fingerprint density at radius 3 is 2.55 bits per heavy atom. The Morgan fingerprint density at radius 2 is 1.90 bits per heavy atom.